The fraction of sp³-hybridized carbons (Fsp3) is 0.318. The maximum atomic E-state index is 12.7. The molecular formula is C22H24N4O3S. The Hall–Kier alpha value is -2.84. The molecule has 1 amide bonds. The van der Waals surface area contributed by atoms with E-state index in [1.165, 1.54) is 12.7 Å². The molecule has 2 aromatic carbocycles. The van der Waals surface area contributed by atoms with Gasteiger partial charge in [-0.15, -0.1) is 0 Å². The van der Waals surface area contributed by atoms with E-state index in [4.69, 9.17) is 9.47 Å². The molecule has 1 atom stereocenters. The maximum absolute atomic E-state index is 12.7. The van der Waals surface area contributed by atoms with E-state index in [2.05, 4.69) is 20.5 Å². The maximum Gasteiger partial charge on any atom is 0.255 e. The van der Waals surface area contributed by atoms with Gasteiger partial charge < -0.3 is 14.8 Å². The number of benzene rings is 2. The first-order valence-electron chi connectivity index (χ1n) is 10.00. The zero-order chi connectivity index (χ0) is 20.6. The second-order valence-electron chi connectivity index (χ2n) is 7.03. The summed E-state index contributed by atoms with van der Waals surface area (Å²) < 4.78 is 11.7. The Kier molecular flexibility index (Phi) is 6.99. The van der Waals surface area contributed by atoms with Crippen molar-refractivity contribution >= 4 is 23.4 Å². The lowest BCUT2D eigenvalue weighted by Gasteiger charge is -2.23. The quantitative estimate of drug-likeness (QED) is 0.524. The lowest BCUT2D eigenvalue weighted by molar-refractivity contribution is -0.0109. The molecule has 0 bridgehead atoms. The highest BCUT2D eigenvalue weighted by atomic mass is 32.2. The van der Waals surface area contributed by atoms with Crippen molar-refractivity contribution in [2.75, 3.05) is 18.5 Å². The number of amides is 1. The van der Waals surface area contributed by atoms with Gasteiger partial charge in [-0.3, -0.25) is 9.89 Å². The number of nitrogens with one attached hydrogen (secondary N) is 2. The van der Waals surface area contributed by atoms with Crippen LogP contribution < -0.4 is 10.1 Å². The first-order valence-corrected chi connectivity index (χ1v) is 11.0. The molecule has 8 heteroatoms. The van der Waals surface area contributed by atoms with E-state index in [0.717, 1.165) is 35.9 Å². The number of aromatic nitrogens is 3. The number of carbonyl (C=O) groups excluding carboxylic acids is 1. The van der Waals surface area contributed by atoms with Gasteiger partial charge in [-0.2, -0.15) is 5.10 Å². The van der Waals surface area contributed by atoms with Crippen LogP contribution in [0.25, 0.3) is 0 Å². The summed E-state index contributed by atoms with van der Waals surface area (Å²) in [4.78, 5) is 16.8. The van der Waals surface area contributed by atoms with E-state index in [1.807, 2.05) is 48.5 Å². The van der Waals surface area contributed by atoms with Crippen LogP contribution in [0.1, 0.15) is 35.2 Å². The molecule has 1 aliphatic heterocycles. The minimum absolute atomic E-state index is 0.116. The first kappa shape index (κ1) is 20.4. The average molecular weight is 425 g/mol. The van der Waals surface area contributed by atoms with Gasteiger partial charge in [0.2, 0.25) is 0 Å². The molecule has 156 valence electrons. The van der Waals surface area contributed by atoms with Gasteiger partial charge in [0.15, 0.2) is 5.16 Å². The van der Waals surface area contributed by atoms with Crippen LogP contribution in [0.4, 0.5) is 5.69 Å². The van der Waals surface area contributed by atoms with Crippen LogP contribution in [0.5, 0.6) is 5.75 Å². The van der Waals surface area contributed by atoms with E-state index in [1.54, 1.807) is 11.8 Å². The lowest BCUT2D eigenvalue weighted by Crippen LogP contribution is -2.26. The fourth-order valence-corrected chi connectivity index (χ4v) is 3.91. The number of aromatic amines is 1. The number of anilines is 1. The van der Waals surface area contributed by atoms with Crippen LogP contribution in [0.2, 0.25) is 0 Å². The standard InChI is InChI=1S/C22H24N4O3S/c27-21(17-10-8-16(9-11-17)14-30-22-23-15-24-26-22)25-19-6-1-2-7-20(19)29-13-18-5-3-4-12-28-18/h1-2,6-11,15,18H,3-5,12-14H2,(H,25,27)(H,23,24,26). The van der Waals surface area contributed by atoms with Crippen LogP contribution in [0.3, 0.4) is 0 Å². The van der Waals surface area contributed by atoms with Crippen LogP contribution in [0.15, 0.2) is 60.0 Å². The molecule has 0 aliphatic carbocycles. The Morgan fingerprint density at radius 3 is 2.83 bits per heavy atom. The summed E-state index contributed by atoms with van der Waals surface area (Å²) >= 11 is 1.56. The highest BCUT2D eigenvalue weighted by molar-refractivity contribution is 7.98. The molecule has 2 heterocycles. The number of carbonyl (C=O) groups is 1. The van der Waals surface area contributed by atoms with Crippen LogP contribution in [-0.4, -0.2) is 40.4 Å². The Morgan fingerprint density at radius 2 is 2.07 bits per heavy atom. The summed E-state index contributed by atoms with van der Waals surface area (Å²) in [6, 6.07) is 15.0. The third-order valence-electron chi connectivity index (χ3n) is 4.82. The van der Waals surface area contributed by atoms with Crippen molar-refractivity contribution < 1.29 is 14.3 Å². The predicted molar refractivity (Wildman–Crippen MR) is 116 cm³/mol. The molecule has 0 spiro atoms. The van der Waals surface area contributed by atoms with Crippen molar-refractivity contribution in [1.82, 2.24) is 15.2 Å². The summed E-state index contributed by atoms with van der Waals surface area (Å²) in [5.41, 5.74) is 2.35. The van der Waals surface area contributed by atoms with Crippen LogP contribution in [-0.2, 0) is 10.5 Å². The Morgan fingerprint density at radius 1 is 1.20 bits per heavy atom. The normalized spacial score (nSPS) is 16.2. The van der Waals surface area contributed by atoms with Gasteiger partial charge in [0.1, 0.15) is 18.7 Å². The molecule has 2 N–H and O–H groups in total. The summed E-state index contributed by atoms with van der Waals surface area (Å²) in [5, 5.41) is 10.4. The highest BCUT2D eigenvalue weighted by Gasteiger charge is 2.16. The third-order valence-corrected chi connectivity index (χ3v) is 5.77. The number of hydrogen-bond acceptors (Lipinski definition) is 6. The zero-order valence-electron chi connectivity index (χ0n) is 16.5. The van der Waals surface area contributed by atoms with E-state index < -0.39 is 0 Å². The van der Waals surface area contributed by atoms with Gasteiger partial charge >= 0.3 is 0 Å². The second kappa shape index (κ2) is 10.3. The van der Waals surface area contributed by atoms with Crippen molar-refractivity contribution in [3.63, 3.8) is 0 Å². The van der Waals surface area contributed by atoms with Crippen molar-refractivity contribution in [1.29, 1.82) is 0 Å². The van der Waals surface area contributed by atoms with Gasteiger partial charge in [0.05, 0.1) is 11.8 Å². The van der Waals surface area contributed by atoms with Crippen molar-refractivity contribution in [3.05, 3.63) is 66.0 Å². The molecular weight excluding hydrogens is 400 g/mol. The van der Waals surface area contributed by atoms with Crippen molar-refractivity contribution in [3.8, 4) is 5.75 Å². The molecule has 3 aromatic rings. The number of rotatable bonds is 8. The van der Waals surface area contributed by atoms with Gasteiger partial charge in [-0.25, -0.2) is 4.98 Å². The molecule has 1 aromatic heterocycles. The topological polar surface area (TPSA) is 89.1 Å². The number of nitrogens with zero attached hydrogens (tertiary/aromatic N) is 2. The summed E-state index contributed by atoms with van der Waals surface area (Å²) in [7, 11) is 0. The van der Waals surface area contributed by atoms with Gasteiger partial charge in [-0.05, 0) is 49.1 Å². The number of hydrogen-bond donors (Lipinski definition) is 2. The van der Waals surface area contributed by atoms with Crippen molar-refractivity contribution in [2.24, 2.45) is 0 Å². The molecule has 1 aliphatic rings. The predicted octanol–water partition coefficient (Wildman–Crippen LogP) is 4.30. The van der Waals surface area contributed by atoms with Gasteiger partial charge in [0, 0.05) is 17.9 Å². The largest absolute Gasteiger partial charge is 0.489 e. The van der Waals surface area contributed by atoms with Crippen molar-refractivity contribution in [2.45, 2.75) is 36.3 Å². The van der Waals surface area contributed by atoms with E-state index >= 15 is 0 Å². The van der Waals surface area contributed by atoms with E-state index in [0.29, 0.717) is 23.6 Å². The monoisotopic (exact) mass is 424 g/mol. The lowest BCUT2D eigenvalue weighted by atomic mass is 10.1. The molecule has 4 rings (SSSR count). The molecule has 1 saturated heterocycles. The number of para-hydroxylation sites is 2. The minimum atomic E-state index is -0.172. The van der Waals surface area contributed by atoms with Crippen LogP contribution in [0, 0.1) is 0 Å². The Balaban J connectivity index is 1.34. The molecule has 1 unspecified atom stereocenters. The number of H-pyrrole nitrogens is 1. The Bertz CT molecular complexity index is 941. The molecule has 1 fully saturated rings. The average Bonchev–Trinajstić information content (AvgIpc) is 3.32. The molecule has 7 nitrogen and oxygen atoms in total. The third kappa shape index (κ3) is 5.61. The summed E-state index contributed by atoms with van der Waals surface area (Å²) in [5.74, 6) is 1.23. The highest BCUT2D eigenvalue weighted by Crippen LogP contribution is 2.26. The van der Waals surface area contributed by atoms with Gasteiger partial charge in [0.25, 0.3) is 5.91 Å². The molecule has 0 radical (unpaired) electrons. The van der Waals surface area contributed by atoms with E-state index in [9.17, 15) is 4.79 Å². The number of ether oxygens (including phenoxy) is 2. The second-order valence-corrected chi connectivity index (χ2v) is 7.99. The smallest absolute Gasteiger partial charge is 0.255 e. The van der Waals surface area contributed by atoms with Gasteiger partial charge in [-0.1, -0.05) is 36.0 Å². The zero-order valence-corrected chi connectivity index (χ0v) is 17.4. The van der Waals surface area contributed by atoms with Crippen LogP contribution >= 0.6 is 11.8 Å². The van der Waals surface area contributed by atoms with E-state index in [-0.39, 0.29) is 12.0 Å². The SMILES string of the molecule is O=C(Nc1ccccc1OCC1CCCCO1)c1ccc(CSc2ncn[nH]2)cc1. The fourth-order valence-electron chi connectivity index (χ4n) is 3.18. The molecule has 30 heavy (non-hydrogen) atoms. The minimum Gasteiger partial charge on any atom is -0.489 e. The first-order chi connectivity index (χ1) is 14.8. The number of thioether (sulfide) groups is 1. The Labute approximate surface area is 179 Å². The summed E-state index contributed by atoms with van der Waals surface area (Å²) in [6.45, 7) is 1.28. The summed E-state index contributed by atoms with van der Waals surface area (Å²) in [6.07, 6.45) is 4.89. The molecule has 0 saturated carbocycles.